The van der Waals surface area contributed by atoms with E-state index >= 15 is 0 Å². The monoisotopic (exact) mass is 518 g/mol. The molecule has 4 rings (SSSR count). The first-order chi connectivity index (χ1) is 16.5. The molecule has 1 heterocycles. The number of aromatic nitrogens is 3. The Hall–Kier alpha value is -4.16. The van der Waals surface area contributed by atoms with E-state index in [1.165, 1.54) is 30.3 Å². The molecule has 0 unspecified atom stereocenters. The molecule has 0 aliphatic carbocycles. The lowest BCUT2D eigenvalue weighted by Crippen LogP contribution is -2.30. The van der Waals surface area contributed by atoms with E-state index in [2.05, 4.69) is 14.8 Å². The van der Waals surface area contributed by atoms with Crippen LogP contribution >= 0.6 is 11.6 Å². The van der Waals surface area contributed by atoms with Crippen molar-refractivity contribution >= 4 is 27.3 Å². The lowest BCUT2D eigenvalue weighted by Gasteiger charge is -2.15. The van der Waals surface area contributed by atoms with Gasteiger partial charge < -0.3 is 9.84 Å². The Balaban J connectivity index is 1.66. The van der Waals surface area contributed by atoms with E-state index in [4.69, 9.17) is 16.3 Å². The molecule has 35 heavy (non-hydrogen) atoms. The van der Waals surface area contributed by atoms with Crippen LogP contribution in [-0.2, 0) is 10.0 Å². The number of phenols is 1. The van der Waals surface area contributed by atoms with Gasteiger partial charge >= 0.3 is 5.69 Å². The molecule has 10 nitrogen and oxygen atoms in total. The van der Waals surface area contributed by atoms with Crippen molar-refractivity contribution in [2.75, 3.05) is 4.72 Å². The maximum atomic E-state index is 13.1. The third kappa shape index (κ3) is 5.18. The highest BCUT2D eigenvalue weighted by molar-refractivity contribution is 7.92. The van der Waals surface area contributed by atoms with Gasteiger partial charge in [-0.1, -0.05) is 11.6 Å². The van der Waals surface area contributed by atoms with Crippen LogP contribution in [0.3, 0.4) is 0 Å². The van der Waals surface area contributed by atoms with Crippen LogP contribution in [0.15, 0.2) is 75.3 Å². The number of nitrogens with zero attached hydrogens (tertiary/aromatic N) is 2. The van der Waals surface area contributed by atoms with Crippen molar-refractivity contribution in [1.29, 1.82) is 0 Å². The fourth-order valence-corrected chi connectivity index (χ4v) is 4.59. The van der Waals surface area contributed by atoms with Crippen molar-refractivity contribution in [1.82, 2.24) is 14.8 Å². The largest absolute Gasteiger partial charge is 0.507 e. The van der Waals surface area contributed by atoms with Gasteiger partial charge in [-0.15, -0.1) is 0 Å². The molecule has 0 fully saturated rings. The smallest absolute Gasteiger partial charge is 0.349 e. The maximum Gasteiger partial charge on any atom is 0.349 e. The van der Waals surface area contributed by atoms with Crippen molar-refractivity contribution in [3.63, 3.8) is 0 Å². The summed E-state index contributed by atoms with van der Waals surface area (Å²) in [6.07, 6.45) is 0.938. The number of aryl methyl sites for hydroxylation is 1. The van der Waals surface area contributed by atoms with Gasteiger partial charge in [-0.3, -0.25) is 14.5 Å². The van der Waals surface area contributed by atoms with E-state index in [1.54, 1.807) is 6.92 Å². The normalized spacial score (nSPS) is 11.3. The second kappa shape index (κ2) is 9.24. The minimum Gasteiger partial charge on any atom is -0.507 e. The van der Waals surface area contributed by atoms with E-state index in [0.29, 0.717) is 5.56 Å². The van der Waals surface area contributed by atoms with Crippen LogP contribution in [0.25, 0.3) is 5.69 Å². The number of sulfonamides is 1. The van der Waals surface area contributed by atoms with Gasteiger partial charge in [0.25, 0.3) is 15.6 Å². The Bertz CT molecular complexity index is 1630. The zero-order valence-corrected chi connectivity index (χ0v) is 19.4. The molecule has 3 aromatic carbocycles. The molecule has 0 radical (unpaired) electrons. The molecule has 0 bridgehead atoms. The summed E-state index contributed by atoms with van der Waals surface area (Å²) in [7, 11) is -4.25. The maximum absolute atomic E-state index is 13.1. The van der Waals surface area contributed by atoms with Gasteiger partial charge in [-0.05, 0) is 61.0 Å². The number of hydrogen-bond donors (Lipinski definition) is 3. The van der Waals surface area contributed by atoms with Crippen LogP contribution in [0, 0.1) is 12.7 Å². The molecule has 3 N–H and O–H groups in total. The highest BCUT2D eigenvalue weighted by Gasteiger charge is 2.21. The highest BCUT2D eigenvalue weighted by atomic mass is 35.5. The van der Waals surface area contributed by atoms with E-state index in [0.717, 1.165) is 35.1 Å². The van der Waals surface area contributed by atoms with Crippen LogP contribution in [0.5, 0.6) is 17.2 Å². The highest BCUT2D eigenvalue weighted by Crippen LogP contribution is 2.37. The molecule has 13 heteroatoms. The minimum absolute atomic E-state index is 0.0411. The Morgan fingerprint density at radius 2 is 1.83 bits per heavy atom. The van der Waals surface area contributed by atoms with Gasteiger partial charge in [0, 0.05) is 11.8 Å². The topological polar surface area (TPSA) is 143 Å². The van der Waals surface area contributed by atoms with Gasteiger partial charge in [-0.2, -0.15) is 9.78 Å². The first-order valence-corrected chi connectivity index (χ1v) is 11.7. The number of nitrogens with one attached hydrogen (secondary N) is 2. The standard InChI is InChI=1S/C22H16ClFN4O6S/c1-12-8-15(28-22(31)26-20(30)11-25-28)9-17(23)21(12)34-16-6-7-18(29)19(10-16)35(32,33)27-14-4-2-13(24)3-5-14/h2-11,27,29H,1H3,(H,26,30,31). The Morgan fingerprint density at radius 1 is 1.11 bits per heavy atom. The summed E-state index contributed by atoms with van der Waals surface area (Å²) in [4.78, 5) is 24.9. The number of halogens is 2. The zero-order valence-electron chi connectivity index (χ0n) is 17.8. The SMILES string of the molecule is Cc1cc(-n2ncc(=O)[nH]c2=O)cc(Cl)c1Oc1ccc(O)c(S(=O)(=O)Nc2ccc(F)cc2)c1. The number of aromatic hydroxyl groups is 1. The average molecular weight is 519 g/mol. The molecule has 0 spiro atoms. The van der Waals surface area contributed by atoms with Crippen LogP contribution in [0.4, 0.5) is 10.1 Å². The number of benzene rings is 3. The summed E-state index contributed by atoms with van der Waals surface area (Å²) >= 11 is 6.35. The third-order valence-corrected chi connectivity index (χ3v) is 6.40. The summed E-state index contributed by atoms with van der Waals surface area (Å²) < 4.78 is 47.7. The first-order valence-electron chi connectivity index (χ1n) is 9.82. The molecule has 0 saturated heterocycles. The van der Waals surface area contributed by atoms with E-state index in [9.17, 15) is 27.5 Å². The summed E-state index contributed by atoms with van der Waals surface area (Å²) in [6, 6.07) is 11.1. The molecular weight excluding hydrogens is 503 g/mol. The number of aromatic amines is 1. The van der Waals surface area contributed by atoms with Gasteiger partial charge in [-0.25, -0.2) is 17.6 Å². The zero-order chi connectivity index (χ0) is 25.3. The van der Waals surface area contributed by atoms with Crippen molar-refractivity contribution < 1.29 is 22.7 Å². The van der Waals surface area contributed by atoms with E-state index in [1.807, 2.05) is 0 Å². The van der Waals surface area contributed by atoms with Crippen LogP contribution in [0.2, 0.25) is 5.02 Å². The van der Waals surface area contributed by atoms with Crippen molar-refractivity contribution in [2.24, 2.45) is 0 Å². The summed E-state index contributed by atoms with van der Waals surface area (Å²) in [5, 5.41) is 14.0. The molecule has 0 atom stereocenters. The Labute approximate surface area is 202 Å². The lowest BCUT2D eigenvalue weighted by atomic mass is 10.2. The van der Waals surface area contributed by atoms with Crippen molar-refractivity contribution in [3.05, 3.63) is 98.0 Å². The molecular formula is C22H16ClFN4O6S. The first kappa shape index (κ1) is 24.0. The second-order valence-electron chi connectivity index (χ2n) is 7.27. The fourth-order valence-electron chi connectivity index (χ4n) is 3.12. The molecule has 0 amide bonds. The molecule has 4 aromatic rings. The quantitative estimate of drug-likeness (QED) is 0.355. The number of H-pyrrole nitrogens is 1. The third-order valence-electron chi connectivity index (χ3n) is 4.71. The van der Waals surface area contributed by atoms with Gasteiger partial charge in [0.15, 0.2) is 0 Å². The number of phenolic OH excluding ortho intramolecular Hbond substituents is 1. The molecule has 0 aliphatic heterocycles. The van der Waals surface area contributed by atoms with Gasteiger partial charge in [0.05, 0.1) is 10.7 Å². The van der Waals surface area contributed by atoms with Gasteiger partial charge in [0.1, 0.15) is 34.2 Å². The number of rotatable bonds is 6. The van der Waals surface area contributed by atoms with E-state index < -0.39 is 37.7 Å². The predicted octanol–water partition coefficient (Wildman–Crippen LogP) is 3.32. The van der Waals surface area contributed by atoms with Crippen molar-refractivity contribution in [2.45, 2.75) is 11.8 Å². The minimum atomic E-state index is -4.25. The lowest BCUT2D eigenvalue weighted by molar-refractivity contribution is 0.448. The summed E-state index contributed by atoms with van der Waals surface area (Å²) in [6.45, 7) is 1.63. The Kier molecular flexibility index (Phi) is 6.33. The molecule has 0 aliphatic rings. The molecule has 0 saturated carbocycles. The second-order valence-corrected chi connectivity index (χ2v) is 9.33. The van der Waals surface area contributed by atoms with E-state index in [-0.39, 0.29) is 27.9 Å². The fraction of sp³-hybridized carbons (Fsp3) is 0.0455. The summed E-state index contributed by atoms with van der Waals surface area (Å²) in [5.41, 5.74) is -0.588. The number of anilines is 1. The van der Waals surface area contributed by atoms with Crippen LogP contribution in [0.1, 0.15) is 5.56 Å². The van der Waals surface area contributed by atoms with Crippen LogP contribution in [-0.4, -0.2) is 28.3 Å². The predicted molar refractivity (Wildman–Crippen MR) is 126 cm³/mol. The number of hydrogen-bond acceptors (Lipinski definition) is 7. The van der Waals surface area contributed by atoms with Gasteiger partial charge in [0.2, 0.25) is 0 Å². The van der Waals surface area contributed by atoms with Crippen LogP contribution < -0.4 is 20.7 Å². The van der Waals surface area contributed by atoms with Crippen molar-refractivity contribution in [3.8, 4) is 22.9 Å². The number of ether oxygens (including phenoxy) is 1. The summed E-state index contributed by atoms with van der Waals surface area (Å²) in [5.74, 6) is -0.868. The molecule has 1 aromatic heterocycles. The average Bonchev–Trinajstić information content (AvgIpc) is 2.78. The Morgan fingerprint density at radius 3 is 2.49 bits per heavy atom. The molecule has 180 valence electrons.